The van der Waals surface area contributed by atoms with Crippen LogP contribution in [-0.2, 0) is 19.0 Å². The summed E-state index contributed by atoms with van der Waals surface area (Å²) < 4.78 is 45.2. The molecule has 0 bridgehead atoms. The van der Waals surface area contributed by atoms with Gasteiger partial charge in [-0.05, 0) is 24.6 Å². The van der Waals surface area contributed by atoms with E-state index in [0.29, 0.717) is 16.2 Å². The van der Waals surface area contributed by atoms with E-state index in [1.165, 1.54) is 12.1 Å². The fraction of sp³-hybridized carbons (Fsp3) is 0.0741. The topological polar surface area (TPSA) is 72.8 Å². The first-order valence-corrected chi connectivity index (χ1v) is 14.0. The van der Waals surface area contributed by atoms with Gasteiger partial charge in [0.05, 0.1) is 11.9 Å². The second-order valence-corrected chi connectivity index (χ2v) is 12.2. The van der Waals surface area contributed by atoms with E-state index in [9.17, 15) is 13.0 Å². The number of nitrogens with zero attached hydrogens (tertiary/aromatic N) is 1. The van der Waals surface area contributed by atoms with Crippen LogP contribution in [0.5, 0.6) is 0 Å². The van der Waals surface area contributed by atoms with E-state index in [1.54, 1.807) is 24.3 Å². The van der Waals surface area contributed by atoms with Crippen LogP contribution < -0.4 is 10.6 Å². The highest BCUT2D eigenvalue weighted by Gasteiger charge is 2.30. The first-order chi connectivity index (χ1) is 16.4. The van der Waals surface area contributed by atoms with E-state index >= 15 is 0 Å². The van der Waals surface area contributed by atoms with Crippen LogP contribution in [0.1, 0.15) is 11.1 Å². The highest BCUT2D eigenvalue weighted by molar-refractivity contribution is 7.86. The fourth-order valence-corrected chi connectivity index (χ4v) is 6.90. The summed E-state index contributed by atoms with van der Waals surface area (Å²) >= 11 is 0. The van der Waals surface area contributed by atoms with E-state index in [2.05, 4.69) is 5.16 Å². The van der Waals surface area contributed by atoms with E-state index < -0.39 is 17.3 Å². The Morgan fingerprint density at radius 1 is 0.735 bits per heavy atom. The lowest BCUT2D eigenvalue weighted by atomic mass is 10.1. The average Bonchev–Trinajstić information content (AvgIpc) is 2.88. The first-order valence-electron chi connectivity index (χ1n) is 10.7. The highest BCUT2D eigenvalue weighted by Crippen LogP contribution is 2.44. The van der Waals surface area contributed by atoms with E-state index in [0.717, 1.165) is 5.56 Å². The van der Waals surface area contributed by atoms with Crippen molar-refractivity contribution in [2.24, 2.45) is 5.16 Å². The molecular formula is C27H24NO4PS. The van der Waals surface area contributed by atoms with Gasteiger partial charge in [-0.2, -0.15) is 8.42 Å². The standard InChI is InChI=1S/C27H24NO4PS/c1-22-17-19-26(20-18-22)34(30,31)32-28-27(23-11-5-2-6-12-23)21-33(29,24-13-7-3-8-14-24)25-15-9-4-10-16-25/h2-20H,21H2,1H3/b28-27-. The third-order valence-electron chi connectivity index (χ3n) is 5.38. The van der Waals surface area contributed by atoms with Crippen molar-refractivity contribution in [1.29, 1.82) is 0 Å². The molecule has 0 saturated carbocycles. The van der Waals surface area contributed by atoms with Gasteiger partial charge in [-0.25, -0.2) is 0 Å². The summed E-state index contributed by atoms with van der Waals surface area (Å²) in [6, 6.07) is 33.7. The minimum atomic E-state index is -4.14. The van der Waals surface area contributed by atoms with Crippen LogP contribution >= 0.6 is 7.14 Å². The normalized spacial score (nSPS) is 12.3. The number of oxime groups is 1. The van der Waals surface area contributed by atoms with Gasteiger partial charge in [-0.15, -0.1) is 0 Å². The van der Waals surface area contributed by atoms with Crippen LogP contribution in [0.4, 0.5) is 0 Å². The predicted octanol–water partition coefficient (Wildman–Crippen LogP) is 5.12. The molecule has 0 N–H and O–H groups in total. The zero-order chi connectivity index (χ0) is 24.0. The van der Waals surface area contributed by atoms with Gasteiger partial charge in [0.15, 0.2) is 0 Å². The Morgan fingerprint density at radius 3 is 1.71 bits per heavy atom. The fourth-order valence-electron chi connectivity index (χ4n) is 3.53. The van der Waals surface area contributed by atoms with Gasteiger partial charge in [-0.3, -0.25) is 4.28 Å². The van der Waals surface area contributed by atoms with Gasteiger partial charge >= 0.3 is 10.1 Å². The number of hydrogen-bond acceptors (Lipinski definition) is 5. The lowest BCUT2D eigenvalue weighted by Gasteiger charge is -2.20. The van der Waals surface area contributed by atoms with Crippen LogP contribution in [-0.4, -0.2) is 20.3 Å². The molecule has 172 valence electrons. The maximum absolute atomic E-state index is 14.5. The minimum Gasteiger partial charge on any atom is -0.313 e. The van der Waals surface area contributed by atoms with Crippen LogP contribution in [0.2, 0.25) is 0 Å². The molecule has 0 aromatic heterocycles. The van der Waals surface area contributed by atoms with Crippen LogP contribution in [0.3, 0.4) is 0 Å². The molecule has 0 atom stereocenters. The molecule has 0 aliphatic heterocycles. The average molecular weight is 490 g/mol. The van der Waals surface area contributed by atoms with Gasteiger partial charge in [0.25, 0.3) is 0 Å². The largest absolute Gasteiger partial charge is 0.358 e. The summed E-state index contributed by atoms with van der Waals surface area (Å²) in [6.45, 7) is 1.87. The van der Waals surface area contributed by atoms with Gasteiger partial charge in [0, 0.05) is 10.6 Å². The SMILES string of the molecule is Cc1ccc(S(=O)(=O)O/N=C(/CP(=O)(c2ccccc2)c2ccccc2)c2ccccc2)cc1. The van der Waals surface area contributed by atoms with Crippen molar-refractivity contribution in [3.05, 3.63) is 126 Å². The van der Waals surface area contributed by atoms with Crippen LogP contribution in [0.15, 0.2) is 125 Å². The summed E-state index contributed by atoms with van der Waals surface area (Å²) in [6.07, 6.45) is -0.00550. The maximum atomic E-state index is 14.5. The first kappa shape index (κ1) is 23.7. The molecule has 4 aromatic rings. The smallest absolute Gasteiger partial charge is 0.313 e. The maximum Gasteiger partial charge on any atom is 0.358 e. The minimum absolute atomic E-state index is 0.00330. The summed E-state index contributed by atoms with van der Waals surface area (Å²) in [5.41, 5.74) is 1.85. The third kappa shape index (κ3) is 5.36. The van der Waals surface area contributed by atoms with Crippen LogP contribution in [0, 0.1) is 6.92 Å². The second-order valence-electron chi connectivity index (χ2n) is 7.81. The van der Waals surface area contributed by atoms with Crippen molar-refractivity contribution in [3.8, 4) is 0 Å². The zero-order valence-corrected chi connectivity index (χ0v) is 20.3. The number of aryl methyl sites for hydroxylation is 1. The van der Waals surface area contributed by atoms with Crippen molar-refractivity contribution < 1.29 is 17.3 Å². The van der Waals surface area contributed by atoms with Crippen molar-refractivity contribution in [1.82, 2.24) is 0 Å². The van der Waals surface area contributed by atoms with Crippen LogP contribution in [0.25, 0.3) is 0 Å². The number of benzene rings is 4. The molecular weight excluding hydrogens is 465 g/mol. The molecule has 5 nitrogen and oxygen atoms in total. The monoisotopic (exact) mass is 489 g/mol. The summed E-state index contributed by atoms with van der Waals surface area (Å²) in [5.74, 6) is 0. The molecule has 0 aliphatic carbocycles. The third-order valence-corrected chi connectivity index (χ3v) is 9.51. The Bertz CT molecular complexity index is 1380. The number of hydrogen-bond donors (Lipinski definition) is 0. The Hall–Kier alpha value is -3.47. The molecule has 0 heterocycles. The Labute approximate surface area is 200 Å². The molecule has 0 saturated heterocycles. The van der Waals surface area contributed by atoms with Gasteiger partial charge in [-0.1, -0.05) is 114 Å². The molecule has 34 heavy (non-hydrogen) atoms. The lowest BCUT2D eigenvalue weighted by molar-refractivity contribution is 0.339. The molecule has 0 radical (unpaired) electrons. The Kier molecular flexibility index (Phi) is 7.11. The Morgan fingerprint density at radius 2 is 1.21 bits per heavy atom. The molecule has 4 rings (SSSR count). The van der Waals surface area contributed by atoms with Gasteiger partial charge in [0.2, 0.25) is 0 Å². The van der Waals surface area contributed by atoms with Crippen molar-refractivity contribution >= 4 is 33.6 Å². The highest BCUT2D eigenvalue weighted by atomic mass is 32.2. The summed E-state index contributed by atoms with van der Waals surface area (Å²) in [4.78, 5) is 0.00330. The summed E-state index contributed by atoms with van der Waals surface area (Å²) in [5, 5.41) is 5.37. The number of rotatable bonds is 8. The lowest BCUT2D eigenvalue weighted by Crippen LogP contribution is -2.23. The zero-order valence-electron chi connectivity index (χ0n) is 18.6. The van der Waals surface area contributed by atoms with E-state index in [4.69, 9.17) is 4.28 Å². The molecule has 0 aliphatic rings. The van der Waals surface area contributed by atoms with Gasteiger partial charge < -0.3 is 4.57 Å². The molecule has 7 heteroatoms. The predicted molar refractivity (Wildman–Crippen MR) is 137 cm³/mol. The van der Waals surface area contributed by atoms with Crippen molar-refractivity contribution in [2.75, 3.05) is 6.16 Å². The summed E-state index contributed by atoms with van der Waals surface area (Å²) in [7, 11) is -7.35. The van der Waals surface area contributed by atoms with Crippen molar-refractivity contribution in [2.45, 2.75) is 11.8 Å². The Balaban J connectivity index is 1.78. The van der Waals surface area contributed by atoms with E-state index in [1.807, 2.05) is 85.8 Å². The van der Waals surface area contributed by atoms with Gasteiger partial charge in [0.1, 0.15) is 12.0 Å². The van der Waals surface area contributed by atoms with E-state index in [-0.39, 0.29) is 16.8 Å². The molecule has 0 spiro atoms. The molecule has 0 amide bonds. The van der Waals surface area contributed by atoms with Crippen molar-refractivity contribution in [3.63, 3.8) is 0 Å². The molecule has 4 aromatic carbocycles. The molecule has 0 unspecified atom stereocenters. The quantitative estimate of drug-likeness (QED) is 0.196. The second kappa shape index (κ2) is 10.2. The molecule has 0 fully saturated rings.